The molecule has 1 aromatic heterocycles. The van der Waals surface area contributed by atoms with Crippen molar-refractivity contribution in [2.24, 2.45) is 0 Å². The summed E-state index contributed by atoms with van der Waals surface area (Å²) in [5.74, 6) is 1.09. The van der Waals surface area contributed by atoms with E-state index in [1.807, 2.05) is 6.92 Å². The van der Waals surface area contributed by atoms with Crippen LogP contribution < -0.4 is 4.90 Å². The molecule has 0 bridgehead atoms. The molecular weight excluding hydrogens is 296 g/mol. The number of ether oxygens (including phenoxy) is 1. The van der Waals surface area contributed by atoms with Gasteiger partial charge in [-0.05, 0) is 19.8 Å². The van der Waals surface area contributed by atoms with Crippen LogP contribution in [0.2, 0.25) is 0 Å². The number of anilines is 1. The lowest BCUT2D eigenvalue weighted by Crippen LogP contribution is -2.37. The minimum absolute atomic E-state index is 0.150. The summed E-state index contributed by atoms with van der Waals surface area (Å²) >= 11 is 1.68. The summed E-state index contributed by atoms with van der Waals surface area (Å²) in [5.41, 5.74) is 0.912. The summed E-state index contributed by atoms with van der Waals surface area (Å²) in [6.45, 7) is 3.83. The van der Waals surface area contributed by atoms with Crippen molar-refractivity contribution in [1.82, 2.24) is 4.98 Å². The van der Waals surface area contributed by atoms with Crippen molar-refractivity contribution >= 4 is 33.2 Å². The summed E-state index contributed by atoms with van der Waals surface area (Å²) in [6.07, 6.45) is 1.73. The number of hydrogen-bond acceptors (Lipinski definition) is 6. The van der Waals surface area contributed by atoms with Crippen LogP contribution in [0.4, 0.5) is 5.13 Å². The molecule has 0 N–H and O–H groups in total. The van der Waals surface area contributed by atoms with Crippen LogP contribution in [-0.4, -0.2) is 46.4 Å². The van der Waals surface area contributed by atoms with E-state index in [2.05, 4.69) is 9.88 Å². The maximum atomic E-state index is 11.9. The van der Waals surface area contributed by atoms with E-state index in [1.165, 1.54) is 4.88 Å². The molecule has 0 spiro atoms. The van der Waals surface area contributed by atoms with Crippen LogP contribution in [0.3, 0.4) is 0 Å². The molecule has 1 fully saturated rings. The Labute approximate surface area is 124 Å². The van der Waals surface area contributed by atoms with Crippen LogP contribution in [0.5, 0.6) is 0 Å². The number of fused-ring (bicyclic) bond motifs is 1. The van der Waals surface area contributed by atoms with E-state index >= 15 is 0 Å². The second-order valence-corrected chi connectivity index (χ2v) is 7.74. The lowest BCUT2D eigenvalue weighted by atomic mass is 10.1. The van der Waals surface area contributed by atoms with Crippen LogP contribution in [-0.2, 0) is 26.8 Å². The number of hydrogen-bond donors (Lipinski definition) is 0. The normalized spacial score (nSPS) is 22.9. The Kier molecular flexibility index (Phi) is 4.07. The SMILES string of the molecule is CCOC(=O)C1CCc2sc(N3CCS(=O)CC3)nc21. The first-order chi connectivity index (χ1) is 9.69. The Morgan fingerprint density at radius 3 is 2.95 bits per heavy atom. The largest absolute Gasteiger partial charge is 0.465 e. The van der Waals surface area contributed by atoms with E-state index in [-0.39, 0.29) is 11.9 Å². The molecule has 1 aliphatic carbocycles. The van der Waals surface area contributed by atoms with Gasteiger partial charge in [-0.25, -0.2) is 4.98 Å². The summed E-state index contributed by atoms with van der Waals surface area (Å²) in [6, 6.07) is 0. The lowest BCUT2D eigenvalue weighted by molar-refractivity contribution is -0.145. The number of carbonyl (C=O) groups is 1. The van der Waals surface area contributed by atoms with Gasteiger partial charge in [0.05, 0.1) is 12.3 Å². The molecular formula is C13H18N2O3S2. The number of thiazole rings is 1. The third kappa shape index (κ3) is 2.61. The van der Waals surface area contributed by atoms with Gasteiger partial charge in [-0.15, -0.1) is 11.3 Å². The molecule has 110 valence electrons. The second kappa shape index (κ2) is 5.81. The fourth-order valence-electron chi connectivity index (χ4n) is 2.65. The van der Waals surface area contributed by atoms with E-state index in [4.69, 9.17) is 4.74 Å². The minimum Gasteiger partial charge on any atom is -0.465 e. The Hall–Kier alpha value is -0.950. The first-order valence-electron chi connectivity index (χ1n) is 6.95. The van der Waals surface area contributed by atoms with Gasteiger partial charge in [0.15, 0.2) is 5.13 Å². The molecule has 20 heavy (non-hydrogen) atoms. The van der Waals surface area contributed by atoms with E-state index in [0.29, 0.717) is 18.1 Å². The Morgan fingerprint density at radius 2 is 2.25 bits per heavy atom. The van der Waals surface area contributed by atoms with Gasteiger partial charge >= 0.3 is 5.97 Å². The molecule has 1 atom stereocenters. The Balaban J connectivity index is 1.76. The first-order valence-corrected chi connectivity index (χ1v) is 9.25. The van der Waals surface area contributed by atoms with Gasteiger partial charge in [-0.1, -0.05) is 0 Å². The van der Waals surface area contributed by atoms with Crippen LogP contribution in [0.15, 0.2) is 0 Å². The van der Waals surface area contributed by atoms with Crippen LogP contribution in [0, 0.1) is 0 Å². The van der Waals surface area contributed by atoms with Gasteiger partial charge in [0.25, 0.3) is 0 Å². The van der Waals surface area contributed by atoms with Crippen LogP contribution >= 0.6 is 11.3 Å². The van der Waals surface area contributed by atoms with Crippen molar-refractivity contribution in [3.63, 3.8) is 0 Å². The van der Waals surface area contributed by atoms with Crippen LogP contribution in [0.25, 0.3) is 0 Å². The van der Waals surface area contributed by atoms with Crippen molar-refractivity contribution in [2.45, 2.75) is 25.7 Å². The van der Waals surface area contributed by atoms with Crippen molar-refractivity contribution in [3.8, 4) is 0 Å². The Bertz CT molecular complexity index is 534. The minimum atomic E-state index is -0.677. The maximum absolute atomic E-state index is 11.9. The molecule has 2 heterocycles. The van der Waals surface area contributed by atoms with Gasteiger partial charge in [0, 0.05) is 40.3 Å². The van der Waals surface area contributed by atoms with Crippen molar-refractivity contribution in [1.29, 1.82) is 0 Å². The molecule has 0 radical (unpaired) electrons. The third-order valence-corrected chi connectivity index (χ3v) is 6.19. The van der Waals surface area contributed by atoms with Gasteiger partial charge in [0.1, 0.15) is 5.92 Å². The molecule has 1 aromatic rings. The lowest BCUT2D eigenvalue weighted by Gasteiger charge is -2.25. The average Bonchev–Trinajstić information content (AvgIpc) is 2.99. The molecule has 0 saturated carbocycles. The van der Waals surface area contributed by atoms with Gasteiger partial charge in [-0.3, -0.25) is 9.00 Å². The number of nitrogens with zero attached hydrogens (tertiary/aromatic N) is 2. The molecule has 5 nitrogen and oxygen atoms in total. The zero-order chi connectivity index (χ0) is 14.1. The molecule has 1 saturated heterocycles. The summed E-state index contributed by atoms with van der Waals surface area (Å²) in [5, 5.41) is 0.973. The van der Waals surface area contributed by atoms with Crippen molar-refractivity contribution in [3.05, 3.63) is 10.6 Å². The molecule has 0 aromatic carbocycles. The van der Waals surface area contributed by atoms with Crippen molar-refractivity contribution in [2.75, 3.05) is 36.1 Å². The number of esters is 1. The molecule has 3 rings (SSSR count). The van der Waals surface area contributed by atoms with Crippen molar-refractivity contribution < 1.29 is 13.7 Å². The smallest absolute Gasteiger partial charge is 0.315 e. The van der Waals surface area contributed by atoms with Gasteiger partial charge < -0.3 is 9.64 Å². The fourth-order valence-corrected chi connectivity index (χ4v) is 4.89. The summed E-state index contributed by atoms with van der Waals surface area (Å²) < 4.78 is 16.5. The highest BCUT2D eigenvalue weighted by molar-refractivity contribution is 7.85. The topological polar surface area (TPSA) is 59.5 Å². The number of aromatic nitrogens is 1. The van der Waals surface area contributed by atoms with E-state index in [1.54, 1.807) is 11.3 Å². The molecule has 2 aliphatic rings. The van der Waals surface area contributed by atoms with E-state index in [0.717, 1.165) is 36.8 Å². The van der Waals surface area contributed by atoms with Gasteiger partial charge in [-0.2, -0.15) is 0 Å². The number of aryl methyl sites for hydroxylation is 1. The summed E-state index contributed by atoms with van der Waals surface area (Å²) in [7, 11) is -0.677. The fraction of sp³-hybridized carbons (Fsp3) is 0.692. The molecule has 7 heteroatoms. The van der Waals surface area contributed by atoms with E-state index < -0.39 is 10.8 Å². The van der Waals surface area contributed by atoms with Crippen LogP contribution in [0.1, 0.15) is 29.8 Å². The summed E-state index contributed by atoms with van der Waals surface area (Å²) in [4.78, 5) is 20.0. The average molecular weight is 314 g/mol. The monoisotopic (exact) mass is 314 g/mol. The van der Waals surface area contributed by atoms with Gasteiger partial charge in [0.2, 0.25) is 0 Å². The first kappa shape index (κ1) is 14.0. The standard InChI is InChI=1S/C13H18N2O3S2/c1-2-18-12(16)9-3-4-10-11(9)14-13(19-10)15-5-7-20(17)8-6-15/h9H,2-8H2,1H3. The quantitative estimate of drug-likeness (QED) is 0.787. The molecule has 1 aliphatic heterocycles. The number of carbonyl (C=O) groups excluding carboxylic acids is 1. The van der Waals surface area contributed by atoms with E-state index in [9.17, 15) is 9.00 Å². The third-order valence-electron chi connectivity index (χ3n) is 3.73. The predicted molar refractivity (Wildman–Crippen MR) is 79.9 cm³/mol. The zero-order valence-corrected chi connectivity index (χ0v) is 13.1. The Morgan fingerprint density at radius 1 is 1.50 bits per heavy atom. The zero-order valence-electron chi connectivity index (χ0n) is 11.5. The molecule has 1 unspecified atom stereocenters. The maximum Gasteiger partial charge on any atom is 0.315 e. The second-order valence-electron chi connectivity index (χ2n) is 4.98. The highest BCUT2D eigenvalue weighted by Crippen LogP contribution is 2.40. The highest BCUT2D eigenvalue weighted by atomic mass is 32.2. The highest BCUT2D eigenvalue weighted by Gasteiger charge is 2.34. The number of rotatable bonds is 3. The molecule has 0 amide bonds. The predicted octanol–water partition coefficient (Wildman–Crippen LogP) is 1.30.